The molecule has 2 amide bonds. The first-order chi connectivity index (χ1) is 7.99. The van der Waals surface area contributed by atoms with E-state index in [0.717, 1.165) is 12.8 Å². The number of rotatable bonds is 8. The monoisotopic (exact) mass is 242 g/mol. The molecule has 0 saturated heterocycles. The molecule has 0 bridgehead atoms. The molecular formula is C13H26N2O2. The van der Waals surface area contributed by atoms with E-state index in [1.54, 1.807) is 0 Å². The Balaban J connectivity index is 3.94. The van der Waals surface area contributed by atoms with E-state index in [4.69, 9.17) is 0 Å². The van der Waals surface area contributed by atoms with E-state index in [9.17, 15) is 9.59 Å². The van der Waals surface area contributed by atoms with Gasteiger partial charge in [0.05, 0.1) is 0 Å². The molecule has 0 spiro atoms. The Morgan fingerprint density at radius 1 is 1.12 bits per heavy atom. The van der Waals surface area contributed by atoms with Gasteiger partial charge in [0.1, 0.15) is 6.04 Å². The number of carbonyl (C=O) groups excluding carboxylic acids is 2. The standard InChI is InChI=1S/C13H26N2O2/c1-5-6-7-8-9-14-13(17)12(10(2)3)15-11(4)16/h10,12H,5-9H2,1-4H3,(H,14,17)(H,15,16). The third-order valence-corrected chi connectivity index (χ3v) is 2.64. The molecule has 2 N–H and O–H groups in total. The van der Waals surface area contributed by atoms with Gasteiger partial charge in [-0.2, -0.15) is 0 Å². The minimum atomic E-state index is -0.418. The van der Waals surface area contributed by atoms with Gasteiger partial charge in [-0.25, -0.2) is 0 Å². The van der Waals surface area contributed by atoms with Crippen LogP contribution >= 0.6 is 0 Å². The van der Waals surface area contributed by atoms with Crippen LogP contribution in [0.3, 0.4) is 0 Å². The quantitative estimate of drug-likeness (QED) is 0.638. The lowest BCUT2D eigenvalue weighted by molar-refractivity contribution is -0.129. The summed E-state index contributed by atoms with van der Waals surface area (Å²) in [4.78, 5) is 22.8. The summed E-state index contributed by atoms with van der Waals surface area (Å²) in [5, 5.41) is 5.55. The molecule has 0 aromatic carbocycles. The molecular weight excluding hydrogens is 216 g/mol. The van der Waals surface area contributed by atoms with Crippen LogP contribution in [0.4, 0.5) is 0 Å². The molecule has 0 aliphatic rings. The fourth-order valence-electron chi connectivity index (χ4n) is 1.63. The van der Waals surface area contributed by atoms with E-state index in [-0.39, 0.29) is 17.7 Å². The maximum absolute atomic E-state index is 11.8. The number of carbonyl (C=O) groups is 2. The molecule has 0 aliphatic carbocycles. The summed E-state index contributed by atoms with van der Waals surface area (Å²) in [5.41, 5.74) is 0. The Labute approximate surface area is 105 Å². The minimum Gasteiger partial charge on any atom is -0.354 e. The lowest BCUT2D eigenvalue weighted by Gasteiger charge is -2.20. The molecule has 0 fully saturated rings. The van der Waals surface area contributed by atoms with Crippen molar-refractivity contribution in [2.75, 3.05) is 6.54 Å². The number of unbranched alkanes of at least 4 members (excludes halogenated alkanes) is 3. The zero-order valence-corrected chi connectivity index (χ0v) is 11.5. The van der Waals surface area contributed by atoms with E-state index >= 15 is 0 Å². The van der Waals surface area contributed by atoms with Crippen LogP contribution in [0.15, 0.2) is 0 Å². The zero-order chi connectivity index (χ0) is 13.3. The van der Waals surface area contributed by atoms with E-state index < -0.39 is 6.04 Å². The first-order valence-corrected chi connectivity index (χ1v) is 6.53. The summed E-state index contributed by atoms with van der Waals surface area (Å²) in [6.45, 7) is 8.14. The molecule has 100 valence electrons. The maximum atomic E-state index is 11.8. The summed E-state index contributed by atoms with van der Waals surface area (Å²) >= 11 is 0. The fourth-order valence-corrected chi connectivity index (χ4v) is 1.63. The molecule has 0 radical (unpaired) electrons. The van der Waals surface area contributed by atoms with Gasteiger partial charge in [-0.15, -0.1) is 0 Å². The van der Waals surface area contributed by atoms with Crippen molar-refractivity contribution in [2.24, 2.45) is 5.92 Å². The second-order valence-corrected chi connectivity index (χ2v) is 4.77. The number of hydrogen-bond donors (Lipinski definition) is 2. The molecule has 0 saturated carbocycles. The van der Waals surface area contributed by atoms with Crippen molar-refractivity contribution < 1.29 is 9.59 Å². The van der Waals surface area contributed by atoms with Crippen molar-refractivity contribution in [1.82, 2.24) is 10.6 Å². The Bertz CT molecular complexity index is 240. The lowest BCUT2D eigenvalue weighted by atomic mass is 10.0. The third-order valence-electron chi connectivity index (χ3n) is 2.64. The molecule has 4 heteroatoms. The van der Waals surface area contributed by atoms with Crippen LogP contribution in [0.2, 0.25) is 0 Å². The van der Waals surface area contributed by atoms with Crippen LogP contribution in [0.1, 0.15) is 53.4 Å². The average Bonchev–Trinajstić information content (AvgIpc) is 2.24. The second kappa shape index (κ2) is 9.02. The fraction of sp³-hybridized carbons (Fsp3) is 0.846. The Morgan fingerprint density at radius 2 is 1.76 bits per heavy atom. The van der Waals surface area contributed by atoms with Gasteiger partial charge < -0.3 is 10.6 Å². The van der Waals surface area contributed by atoms with Crippen LogP contribution in [-0.4, -0.2) is 24.4 Å². The van der Waals surface area contributed by atoms with Crippen molar-refractivity contribution in [3.8, 4) is 0 Å². The molecule has 0 aliphatic heterocycles. The molecule has 0 aromatic rings. The van der Waals surface area contributed by atoms with E-state index in [1.165, 1.54) is 19.8 Å². The topological polar surface area (TPSA) is 58.2 Å². The van der Waals surface area contributed by atoms with Gasteiger partial charge in [0.2, 0.25) is 11.8 Å². The molecule has 1 unspecified atom stereocenters. The van der Waals surface area contributed by atoms with E-state index in [0.29, 0.717) is 6.54 Å². The minimum absolute atomic E-state index is 0.0771. The van der Waals surface area contributed by atoms with Crippen LogP contribution in [0.25, 0.3) is 0 Å². The molecule has 4 nitrogen and oxygen atoms in total. The van der Waals surface area contributed by atoms with Gasteiger partial charge in [0.25, 0.3) is 0 Å². The Morgan fingerprint density at radius 3 is 2.24 bits per heavy atom. The predicted octanol–water partition coefficient (Wildman–Crippen LogP) is 1.84. The summed E-state index contributed by atoms with van der Waals surface area (Å²) in [6.07, 6.45) is 4.54. The Kier molecular flexibility index (Phi) is 8.46. The van der Waals surface area contributed by atoms with Crippen LogP contribution in [-0.2, 0) is 9.59 Å². The number of hydrogen-bond acceptors (Lipinski definition) is 2. The molecule has 0 aromatic heterocycles. The first-order valence-electron chi connectivity index (χ1n) is 6.53. The molecule has 17 heavy (non-hydrogen) atoms. The van der Waals surface area contributed by atoms with E-state index in [2.05, 4.69) is 17.6 Å². The third kappa shape index (κ3) is 7.77. The van der Waals surface area contributed by atoms with Gasteiger partial charge in [-0.1, -0.05) is 40.0 Å². The maximum Gasteiger partial charge on any atom is 0.242 e. The van der Waals surface area contributed by atoms with Crippen molar-refractivity contribution in [3.63, 3.8) is 0 Å². The summed E-state index contributed by atoms with van der Waals surface area (Å²) < 4.78 is 0. The second-order valence-electron chi connectivity index (χ2n) is 4.77. The van der Waals surface area contributed by atoms with Gasteiger partial charge in [0, 0.05) is 13.5 Å². The summed E-state index contributed by atoms with van der Waals surface area (Å²) in [7, 11) is 0. The highest BCUT2D eigenvalue weighted by Crippen LogP contribution is 2.02. The molecule has 1 atom stereocenters. The van der Waals surface area contributed by atoms with Gasteiger partial charge >= 0.3 is 0 Å². The summed E-state index contributed by atoms with van der Waals surface area (Å²) in [6, 6.07) is -0.418. The van der Waals surface area contributed by atoms with Gasteiger partial charge in [-0.05, 0) is 12.3 Å². The van der Waals surface area contributed by atoms with Crippen LogP contribution in [0.5, 0.6) is 0 Å². The molecule has 0 heterocycles. The highest BCUT2D eigenvalue weighted by Gasteiger charge is 2.22. The average molecular weight is 242 g/mol. The van der Waals surface area contributed by atoms with E-state index in [1.807, 2.05) is 13.8 Å². The highest BCUT2D eigenvalue weighted by atomic mass is 16.2. The predicted molar refractivity (Wildman–Crippen MR) is 69.6 cm³/mol. The van der Waals surface area contributed by atoms with Crippen molar-refractivity contribution in [2.45, 2.75) is 59.4 Å². The van der Waals surface area contributed by atoms with Crippen LogP contribution < -0.4 is 10.6 Å². The lowest BCUT2D eigenvalue weighted by Crippen LogP contribution is -2.49. The summed E-state index contributed by atoms with van der Waals surface area (Å²) in [5.74, 6) is -0.133. The van der Waals surface area contributed by atoms with Gasteiger partial charge in [-0.3, -0.25) is 9.59 Å². The van der Waals surface area contributed by atoms with Gasteiger partial charge in [0.15, 0.2) is 0 Å². The SMILES string of the molecule is CCCCCCNC(=O)C(NC(C)=O)C(C)C. The largest absolute Gasteiger partial charge is 0.354 e. The molecule has 0 rings (SSSR count). The highest BCUT2D eigenvalue weighted by molar-refractivity contribution is 5.86. The first kappa shape index (κ1) is 15.9. The van der Waals surface area contributed by atoms with Crippen LogP contribution in [0, 0.1) is 5.92 Å². The zero-order valence-electron chi connectivity index (χ0n) is 11.5. The van der Waals surface area contributed by atoms with Crippen molar-refractivity contribution in [3.05, 3.63) is 0 Å². The number of nitrogens with one attached hydrogen (secondary N) is 2. The van der Waals surface area contributed by atoms with Crippen molar-refractivity contribution >= 4 is 11.8 Å². The smallest absolute Gasteiger partial charge is 0.242 e. The Hall–Kier alpha value is -1.06. The number of amides is 2. The normalized spacial score (nSPS) is 12.3. The van der Waals surface area contributed by atoms with Crippen molar-refractivity contribution in [1.29, 1.82) is 0 Å².